The van der Waals surface area contributed by atoms with Crippen LogP contribution in [-0.2, 0) is 32.0 Å². The first-order valence-corrected chi connectivity index (χ1v) is 17.0. The molecule has 2 aliphatic rings. The number of aryl methyl sites for hydroxylation is 1. The number of amides is 3. The first kappa shape index (κ1) is 38.6. The zero-order chi connectivity index (χ0) is 38.2. The summed E-state index contributed by atoms with van der Waals surface area (Å²) in [6.07, 6.45) is -5.93. The molecule has 5 rings (SSSR count). The number of rotatable bonds is 9. The molecule has 0 spiro atoms. The molecule has 13 nitrogen and oxygen atoms in total. The molecule has 0 aromatic carbocycles. The van der Waals surface area contributed by atoms with Gasteiger partial charge in [0, 0.05) is 45.0 Å². The molecule has 3 aromatic heterocycles. The maximum Gasteiger partial charge on any atom is 0.417 e. The van der Waals surface area contributed by atoms with Crippen molar-refractivity contribution in [1.29, 1.82) is 0 Å². The smallest absolute Gasteiger partial charge is 0.417 e. The molecule has 284 valence electrons. The molecule has 1 aliphatic carbocycles. The van der Waals surface area contributed by atoms with E-state index in [1.807, 2.05) is 6.92 Å². The first-order chi connectivity index (χ1) is 24.2. The van der Waals surface area contributed by atoms with Gasteiger partial charge in [-0.05, 0) is 77.0 Å². The van der Waals surface area contributed by atoms with Crippen LogP contribution in [0.5, 0.6) is 0 Å². The second kappa shape index (κ2) is 14.4. The van der Waals surface area contributed by atoms with Crippen molar-refractivity contribution in [3.8, 4) is 0 Å². The number of ether oxygens (including phenoxy) is 2. The van der Waals surface area contributed by atoms with Crippen molar-refractivity contribution >= 4 is 29.5 Å². The number of likely N-dealkylation sites (tertiary alicyclic amines) is 1. The standard InChI is InChI=1S/C34H42F5N7O6/c1-6-45-24(11-14-40-45)27(47)42-26(21-9-12-33(35,36)13-10-21)23-19-46-25(41-23)8-7-22(43-46)17-32(29(49)51-5)15-20(16-34(37,38)39)18-44(28(32)48)30(50)52-31(2,3)4/h7-8,11,14,19-21,26H,6,9-10,12-13,15-18H2,1-5H3,(H,42,47). The van der Waals surface area contributed by atoms with Crippen LogP contribution in [0.25, 0.3) is 5.65 Å². The summed E-state index contributed by atoms with van der Waals surface area (Å²) in [5.41, 5.74) is -2.43. The molecule has 3 atom stereocenters. The third kappa shape index (κ3) is 8.52. The van der Waals surface area contributed by atoms with Gasteiger partial charge in [-0.1, -0.05) is 0 Å². The molecule has 18 heteroatoms. The zero-order valence-corrected chi connectivity index (χ0v) is 29.5. The number of hydrogen-bond acceptors (Lipinski definition) is 9. The van der Waals surface area contributed by atoms with E-state index in [0.717, 1.165) is 7.11 Å². The van der Waals surface area contributed by atoms with Gasteiger partial charge in [0.15, 0.2) is 11.1 Å². The third-order valence-corrected chi connectivity index (χ3v) is 9.41. The van der Waals surface area contributed by atoms with Crippen molar-refractivity contribution in [2.75, 3.05) is 13.7 Å². The lowest BCUT2D eigenvalue weighted by molar-refractivity contribution is -0.177. The number of fused-ring (bicyclic) bond motifs is 1. The van der Waals surface area contributed by atoms with Crippen LogP contribution in [-0.4, -0.2) is 84.5 Å². The molecular weight excluding hydrogens is 697 g/mol. The highest BCUT2D eigenvalue weighted by Crippen LogP contribution is 2.44. The topological polar surface area (TPSA) is 150 Å². The predicted octanol–water partition coefficient (Wildman–Crippen LogP) is 5.68. The van der Waals surface area contributed by atoms with E-state index in [9.17, 15) is 41.1 Å². The summed E-state index contributed by atoms with van der Waals surface area (Å²) >= 11 is 0. The Kier molecular flexibility index (Phi) is 10.7. The van der Waals surface area contributed by atoms with Crippen LogP contribution in [0.3, 0.4) is 0 Å². The van der Waals surface area contributed by atoms with Gasteiger partial charge in [-0.15, -0.1) is 0 Å². The second-order valence-corrected chi connectivity index (χ2v) is 14.5. The molecule has 3 amide bonds. The largest absolute Gasteiger partial charge is 0.468 e. The molecule has 3 aromatic rings. The molecule has 1 N–H and O–H groups in total. The fraction of sp³-hybridized carbons (Fsp3) is 0.618. The number of aromatic nitrogens is 5. The Hall–Kier alpha value is -4.64. The SMILES string of the molecule is CCn1nccc1C(=O)NC(c1cn2nc(CC3(C(=O)OC)CC(CC(F)(F)F)CN(C(=O)OC(C)(C)C)C3=O)ccc2n1)C1CCC(F)(F)CC1. The molecule has 0 radical (unpaired) electrons. The van der Waals surface area contributed by atoms with Gasteiger partial charge >= 0.3 is 18.2 Å². The van der Waals surface area contributed by atoms with E-state index >= 15 is 0 Å². The first-order valence-electron chi connectivity index (χ1n) is 17.0. The minimum Gasteiger partial charge on any atom is -0.468 e. The Morgan fingerprint density at radius 1 is 1.10 bits per heavy atom. The molecule has 1 saturated carbocycles. The second-order valence-electron chi connectivity index (χ2n) is 14.5. The van der Waals surface area contributed by atoms with Crippen LogP contribution >= 0.6 is 0 Å². The van der Waals surface area contributed by atoms with Crippen molar-refractivity contribution < 1.29 is 50.6 Å². The fourth-order valence-electron chi connectivity index (χ4n) is 7.08. The van der Waals surface area contributed by atoms with Crippen LogP contribution in [0.15, 0.2) is 30.6 Å². The van der Waals surface area contributed by atoms with Crippen LogP contribution in [0.1, 0.15) is 94.1 Å². The van der Waals surface area contributed by atoms with E-state index in [4.69, 9.17) is 9.47 Å². The van der Waals surface area contributed by atoms with Gasteiger partial charge in [-0.25, -0.2) is 28.0 Å². The monoisotopic (exact) mass is 739 g/mol. The number of piperidine rings is 1. The van der Waals surface area contributed by atoms with Gasteiger partial charge in [0.1, 0.15) is 11.3 Å². The number of nitrogens with zero attached hydrogens (tertiary/aromatic N) is 6. The van der Waals surface area contributed by atoms with Crippen molar-refractivity contribution in [2.45, 2.75) is 103 Å². The Morgan fingerprint density at radius 2 is 1.79 bits per heavy atom. The van der Waals surface area contributed by atoms with E-state index in [1.54, 1.807) is 0 Å². The minimum absolute atomic E-state index is 0.0803. The Bertz CT molecular complexity index is 1810. The van der Waals surface area contributed by atoms with E-state index < -0.39 is 90.7 Å². The highest BCUT2D eigenvalue weighted by Gasteiger charge is 2.57. The number of alkyl halides is 5. The van der Waals surface area contributed by atoms with Gasteiger partial charge in [-0.3, -0.25) is 19.1 Å². The van der Waals surface area contributed by atoms with Crippen molar-refractivity contribution in [3.05, 3.63) is 47.7 Å². The minimum atomic E-state index is -4.67. The van der Waals surface area contributed by atoms with Gasteiger partial charge in [0.2, 0.25) is 11.8 Å². The number of nitrogens with one attached hydrogen (secondary N) is 1. The van der Waals surface area contributed by atoms with Crippen LogP contribution < -0.4 is 5.32 Å². The van der Waals surface area contributed by atoms with Crippen LogP contribution in [0, 0.1) is 17.3 Å². The normalized spacial score (nSPS) is 21.9. The number of methoxy groups -OCH3 is 1. The van der Waals surface area contributed by atoms with Crippen LogP contribution in [0.2, 0.25) is 0 Å². The molecule has 1 saturated heterocycles. The molecule has 2 fully saturated rings. The van der Waals surface area contributed by atoms with E-state index in [0.29, 0.717) is 17.1 Å². The maximum absolute atomic E-state index is 14.1. The lowest BCUT2D eigenvalue weighted by atomic mass is 9.70. The van der Waals surface area contributed by atoms with Crippen LogP contribution in [0.4, 0.5) is 26.7 Å². The number of imidazole rings is 1. The van der Waals surface area contributed by atoms with Crippen molar-refractivity contribution in [2.24, 2.45) is 17.3 Å². The summed E-state index contributed by atoms with van der Waals surface area (Å²) in [6, 6.07) is 3.67. The molecule has 4 heterocycles. The van der Waals surface area contributed by atoms with E-state index in [2.05, 4.69) is 20.5 Å². The zero-order valence-electron chi connectivity index (χ0n) is 29.5. The highest BCUT2D eigenvalue weighted by molar-refractivity contribution is 6.08. The maximum atomic E-state index is 14.1. The quantitative estimate of drug-likeness (QED) is 0.166. The summed E-state index contributed by atoms with van der Waals surface area (Å²) in [6.45, 7) is 6.18. The van der Waals surface area contributed by atoms with Gasteiger partial charge in [0.05, 0.1) is 30.7 Å². The van der Waals surface area contributed by atoms with E-state index in [1.165, 1.54) is 60.6 Å². The van der Waals surface area contributed by atoms with Gasteiger partial charge < -0.3 is 14.8 Å². The number of hydrogen-bond donors (Lipinski definition) is 1. The van der Waals surface area contributed by atoms with Gasteiger partial charge in [0.25, 0.3) is 5.91 Å². The molecule has 0 bridgehead atoms. The Labute approximate surface area is 296 Å². The number of carbonyl (C=O) groups is 4. The fourth-order valence-corrected chi connectivity index (χ4v) is 7.08. The molecule has 52 heavy (non-hydrogen) atoms. The Morgan fingerprint density at radius 3 is 2.40 bits per heavy atom. The number of imide groups is 1. The number of esters is 1. The lowest BCUT2D eigenvalue weighted by Crippen LogP contribution is -2.59. The van der Waals surface area contributed by atoms with Crippen molar-refractivity contribution in [3.63, 3.8) is 0 Å². The molecule has 3 unspecified atom stereocenters. The number of carbonyl (C=O) groups excluding carboxylic acids is 4. The summed E-state index contributed by atoms with van der Waals surface area (Å²) < 4.78 is 82.4. The molecular formula is C34H42F5N7O6. The summed E-state index contributed by atoms with van der Waals surface area (Å²) in [5, 5.41) is 11.6. The average Bonchev–Trinajstić information content (AvgIpc) is 3.70. The third-order valence-electron chi connectivity index (χ3n) is 9.41. The average molecular weight is 740 g/mol. The van der Waals surface area contributed by atoms with E-state index in [-0.39, 0.29) is 42.7 Å². The Balaban J connectivity index is 1.50. The highest BCUT2D eigenvalue weighted by atomic mass is 19.4. The summed E-state index contributed by atoms with van der Waals surface area (Å²) in [4.78, 5) is 59.1. The van der Waals surface area contributed by atoms with Crippen molar-refractivity contribution in [1.82, 2.24) is 34.6 Å². The summed E-state index contributed by atoms with van der Waals surface area (Å²) in [5.74, 6) is -7.29. The van der Waals surface area contributed by atoms with Gasteiger partial charge in [-0.2, -0.15) is 23.4 Å². The predicted molar refractivity (Wildman–Crippen MR) is 173 cm³/mol. The molecule has 1 aliphatic heterocycles. The summed E-state index contributed by atoms with van der Waals surface area (Å²) in [7, 11) is 0.990. The number of halogens is 5. The lowest BCUT2D eigenvalue weighted by Gasteiger charge is -2.42.